The molecule has 1 N–H and O–H groups in total. The Kier molecular flexibility index (Phi) is 2.92. The summed E-state index contributed by atoms with van der Waals surface area (Å²) in [6, 6.07) is 5.19. The van der Waals surface area contributed by atoms with Crippen LogP contribution < -0.4 is 9.64 Å². The van der Waals surface area contributed by atoms with E-state index in [1.165, 1.54) is 0 Å². The first kappa shape index (κ1) is 11.1. The minimum Gasteiger partial charge on any atom is -0.489 e. The molecule has 1 heterocycles. The van der Waals surface area contributed by atoms with Gasteiger partial charge in [-0.3, -0.25) is 4.79 Å². The molecule has 0 amide bonds. The van der Waals surface area contributed by atoms with E-state index in [-0.39, 0.29) is 12.5 Å². The van der Waals surface area contributed by atoms with Crippen molar-refractivity contribution in [2.45, 2.75) is 12.5 Å². The maximum Gasteiger partial charge on any atom is 0.305 e. The Morgan fingerprint density at radius 2 is 2.44 bits per heavy atom. The Morgan fingerprint density at radius 3 is 3.12 bits per heavy atom. The molecule has 0 radical (unpaired) electrons. The molecule has 1 aromatic rings. The third kappa shape index (κ3) is 2.07. The molecule has 1 aromatic carbocycles. The summed E-state index contributed by atoms with van der Waals surface area (Å²) in [6.07, 6.45) is 0.0580. The average Bonchev–Trinajstić information content (AvgIpc) is 2.22. The highest BCUT2D eigenvalue weighted by Gasteiger charge is 2.26. The van der Waals surface area contributed by atoms with E-state index in [4.69, 9.17) is 21.4 Å². The second-order valence-electron chi connectivity index (χ2n) is 3.79. The molecule has 1 aliphatic heterocycles. The van der Waals surface area contributed by atoms with Gasteiger partial charge in [0.15, 0.2) is 0 Å². The highest BCUT2D eigenvalue weighted by molar-refractivity contribution is 6.30. The first-order valence-electron chi connectivity index (χ1n) is 4.95. The molecule has 0 unspecified atom stereocenters. The van der Waals surface area contributed by atoms with Crippen molar-refractivity contribution in [1.82, 2.24) is 0 Å². The van der Waals surface area contributed by atoms with E-state index in [9.17, 15) is 4.79 Å². The standard InChI is InChI=1S/C11H12ClNO3/c1-13-8(5-11(14)15)6-16-10-3-2-7(12)4-9(10)13/h2-4,8H,5-6H2,1H3,(H,14,15)/t8-/m1/s1. The van der Waals surface area contributed by atoms with Crippen LogP contribution >= 0.6 is 11.6 Å². The Bertz CT molecular complexity index is 422. The topological polar surface area (TPSA) is 49.8 Å². The number of benzene rings is 1. The van der Waals surface area contributed by atoms with E-state index in [0.29, 0.717) is 11.6 Å². The van der Waals surface area contributed by atoms with Gasteiger partial charge in [0.25, 0.3) is 0 Å². The van der Waals surface area contributed by atoms with E-state index in [0.717, 1.165) is 11.4 Å². The van der Waals surface area contributed by atoms with Gasteiger partial charge in [-0.15, -0.1) is 0 Å². The molecule has 0 aliphatic carbocycles. The number of aliphatic carboxylic acids is 1. The second kappa shape index (κ2) is 4.22. The highest BCUT2D eigenvalue weighted by atomic mass is 35.5. The lowest BCUT2D eigenvalue weighted by Crippen LogP contribution is -2.41. The summed E-state index contributed by atoms with van der Waals surface area (Å²) in [4.78, 5) is 12.6. The van der Waals surface area contributed by atoms with E-state index in [1.54, 1.807) is 18.2 Å². The predicted octanol–water partition coefficient (Wildman–Crippen LogP) is 2.01. The number of anilines is 1. The Balaban J connectivity index is 2.26. The molecule has 0 fully saturated rings. The van der Waals surface area contributed by atoms with Crippen LogP contribution in [0.5, 0.6) is 5.75 Å². The first-order valence-corrected chi connectivity index (χ1v) is 5.32. The zero-order valence-corrected chi connectivity index (χ0v) is 9.57. The van der Waals surface area contributed by atoms with Crippen LogP contribution in [-0.2, 0) is 4.79 Å². The van der Waals surface area contributed by atoms with Crippen LogP contribution in [0.1, 0.15) is 6.42 Å². The summed E-state index contributed by atoms with van der Waals surface area (Å²) in [5.74, 6) is -0.0838. The van der Waals surface area contributed by atoms with Crippen LogP contribution in [0.2, 0.25) is 5.02 Å². The zero-order chi connectivity index (χ0) is 11.7. The van der Waals surface area contributed by atoms with Gasteiger partial charge < -0.3 is 14.7 Å². The van der Waals surface area contributed by atoms with Crippen molar-refractivity contribution in [1.29, 1.82) is 0 Å². The molecule has 0 saturated carbocycles. The molecule has 86 valence electrons. The Labute approximate surface area is 98.4 Å². The number of ether oxygens (including phenoxy) is 1. The van der Waals surface area contributed by atoms with E-state index < -0.39 is 5.97 Å². The molecule has 0 aromatic heterocycles. The third-order valence-corrected chi connectivity index (χ3v) is 2.93. The number of likely N-dealkylation sites (N-methyl/N-ethyl adjacent to an activating group) is 1. The summed E-state index contributed by atoms with van der Waals surface area (Å²) in [6.45, 7) is 0.386. The molecule has 16 heavy (non-hydrogen) atoms. The van der Waals surface area contributed by atoms with Gasteiger partial charge in [-0.05, 0) is 18.2 Å². The third-order valence-electron chi connectivity index (χ3n) is 2.69. The fourth-order valence-corrected chi connectivity index (χ4v) is 1.95. The number of fused-ring (bicyclic) bond motifs is 1. The molecule has 1 aliphatic rings. The molecular formula is C11H12ClNO3. The molecule has 0 spiro atoms. The zero-order valence-electron chi connectivity index (χ0n) is 8.81. The van der Waals surface area contributed by atoms with Crippen molar-refractivity contribution >= 4 is 23.3 Å². The Hall–Kier alpha value is -1.42. The van der Waals surface area contributed by atoms with Crippen molar-refractivity contribution < 1.29 is 14.6 Å². The minimum absolute atomic E-state index is 0.0580. The van der Waals surface area contributed by atoms with Gasteiger partial charge in [0.2, 0.25) is 0 Å². The Morgan fingerprint density at radius 1 is 1.69 bits per heavy atom. The fraction of sp³-hybridized carbons (Fsp3) is 0.364. The number of halogens is 1. The van der Waals surface area contributed by atoms with Gasteiger partial charge >= 0.3 is 5.97 Å². The number of rotatable bonds is 2. The van der Waals surface area contributed by atoms with Crippen molar-refractivity contribution in [3.05, 3.63) is 23.2 Å². The summed E-state index contributed by atoms with van der Waals surface area (Å²) in [7, 11) is 1.85. The molecular weight excluding hydrogens is 230 g/mol. The SMILES string of the molecule is CN1c2cc(Cl)ccc2OC[C@H]1CC(=O)O. The van der Waals surface area contributed by atoms with Crippen molar-refractivity contribution in [3.8, 4) is 5.75 Å². The van der Waals surface area contributed by atoms with Crippen LogP contribution in [0.25, 0.3) is 0 Å². The quantitative estimate of drug-likeness (QED) is 0.861. The number of hydrogen-bond donors (Lipinski definition) is 1. The van der Waals surface area contributed by atoms with Gasteiger partial charge in [0.1, 0.15) is 12.4 Å². The van der Waals surface area contributed by atoms with Crippen LogP contribution in [0.3, 0.4) is 0 Å². The van der Waals surface area contributed by atoms with Gasteiger partial charge in [0, 0.05) is 12.1 Å². The lowest BCUT2D eigenvalue weighted by atomic mass is 10.1. The molecule has 5 heteroatoms. The van der Waals surface area contributed by atoms with Gasteiger partial charge in [-0.1, -0.05) is 11.6 Å². The van der Waals surface area contributed by atoms with E-state index in [2.05, 4.69) is 0 Å². The lowest BCUT2D eigenvalue weighted by Gasteiger charge is -2.35. The monoisotopic (exact) mass is 241 g/mol. The van der Waals surface area contributed by atoms with Crippen LogP contribution in [0.4, 0.5) is 5.69 Å². The first-order chi connectivity index (χ1) is 7.58. The number of nitrogens with zero attached hydrogens (tertiary/aromatic N) is 1. The van der Waals surface area contributed by atoms with E-state index in [1.807, 2.05) is 11.9 Å². The van der Waals surface area contributed by atoms with E-state index >= 15 is 0 Å². The summed E-state index contributed by atoms with van der Waals surface area (Å²) in [5.41, 5.74) is 0.838. The number of carboxylic acid groups (broad SMARTS) is 1. The van der Waals surface area contributed by atoms with Crippen molar-refractivity contribution in [3.63, 3.8) is 0 Å². The maximum atomic E-state index is 10.7. The average molecular weight is 242 g/mol. The van der Waals surface area contributed by atoms with Crippen LogP contribution in [0, 0.1) is 0 Å². The number of hydrogen-bond acceptors (Lipinski definition) is 3. The summed E-state index contributed by atoms with van der Waals surface area (Å²) in [5, 5.41) is 9.39. The number of carboxylic acids is 1. The molecule has 1 atom stereocenters. The predicted molar refractivity (Wildman–Crippen MR) is 61.4 cm³/mol. The fourth-order valence-electron chi connectivity index (χ4n) is 1.78. The van der Waals surface area contributed by atoms with Gasteiger partial charge in [-0.2, -0.15) is 0 Å². The normalized spacial score (nSPS) is 18.9. The summed E-state index contributed by atoms with van der Waals surface area (Å²) < 4.78 is 5.50. The van der Waals surface area contributed by atoms with Crippen LogP contribution in [0.15, 0.2) is 18.2 Å². The molecule has 2 rings (SSSR count). The lowest BCUT2D eigenvalue weighted by molar-refractivity contribution is -0.137. The minimum atomic E-state index is -0.828. The molecule has 4 nitrogen and oxygen atoms in total. The smallest absolute Gasteiger partial charge is 0.305 e. The molecule has 0 bridgehead atoms. The molecule has 0 saturated heterocycles. The maximum absolute atomic E-state index is 10.7. The summed E-state index contributed by atoms with van der Waals surface area (Å²) >= 11 is 5.90. The van der Waals surface area contributed by atoms with Crippen molar-refractivity contribution in [2.24, 2.45) is 0 Å². The highest BCUT2D eigenvalue weighted by Crippen LogP contribution is 2.35. The van der Waals surface area contributed by atoms with Crippen molar-refractivity contribution in [2.75, 3.05) is 18.6 Å². The second-order valence-corrected chi connectivity index (χ2v) is 4.22. The van der Waals surface area contributed by atoms with Crippen LogP contribution in [-0.4, -0.2) is 30.8 Å². The van der Waals surface area contributed by atoms with Gasteiger partial charge in [0.05, 0.1) is 18.2 Å². The number of carbonyl (C=O) groups is 1. The largest absolute Gasteiger partial charge is 0.489 e. The van der Waals surface area contributed by atoms with Gasteiger partial charge in [-0.25, -0.2) is 0 Å².